The first-order valence-corrected chi connectivity index (χ1v) is 4.17. The molecule has 62 valence electrons. The maximum Gasteiger partial charge on any atom is 0.0733 e. The molecule has 12 heavy (non-hydrogen) atoms. The monoisotopic (exact) mass is 161 g/mol. The van der Waals surface area contributed by atoms with Gasteiger partial charge in [0.1, 0.15) is 0 Å². The minimum absolute atomic E-state index is 0.796. The Hall–Kier alpha value is -1.31. The van der Waals surface area contributed by atoms with E-state index in [2.05, 4.69) is 17.3 Å². The fraction of sp³-hybridized carbons (Fsp3) is 0.300. The second kappa shape index (κ2) is 2.97. The molecule has 1 fully saturated rings. The van der Waals surface area contributed by atoms with Crippen LogP contribution in [0.25, 0.3) is 0 Å². The summed E-state index contributed by atoms with van der Waals surface area (Å²) in [5.74, 6) is 0.796. The van der Waals surface area contributed by atoms with Gasteiger partial charge in [0.05, 0.1) is 6.21 Å². The van der Waals surface area contributed by atoms with Crippen molar-refractivity contribution in [2.75, 3.05) is 0 Å². The molecular weight excluding hydrogens is 150 g/mol. The van der Waals surface area contributed by atoms with Crippen LogP contribution in [0.2, 0.25) is 0 Å². The van der Waals surface area contributed by atoms with Gasteiger partial charge in [0, 0.05) is 0 Å². The molecule has 0 bridgehead atoms. The first kappa shape index (κ1) is 7.35. The van der Waals surface area contributed by atoms with Gasteiger partial charge in [0.2, 0.25) is 0 Å². The van der Waals surface area contributed by atoms with Crippen molar-refractivity contribution >= 4 is 6.21 Å². The van der Waals surface area contributed by atoms with Gasteiger partial charge in [-0.2, -0.15) is 0 Å². The molecule has 0 aliphatic heterocycles. The fourth-order valence-corrected chi connectivity index (χ4v) is 1.34. The van der Waals surface area contributed by atoms with Crippen LogP contribution in [0.1, 0.15) is 29.9 Å². The Balaban J connectivity index is 2.18. The van der Waals surface area contributed by atoms with Crippen LogP contribution in [0, 0.1) is 0 Å². The molecule has 1 saturated carbocycles. The van der Waals surface area contributed by atoms with Gasteiger partial charge in [0.25, 0.3) is 0 Å². The first-order valence-electron chi connectivity index (χ1n) is 4.17. The van der Waals surface area contributed by atoms with Crippen molar-refractivity contribution in [3.8, 4) is 0 Å². The lowest BCUT2D eigenvalue weighted by atomic mass is 10.1. The number of hydrogen-bond acceptors (Lipinski definition) is 2. The van der Waals surface area contributed by atoms with Crippen molar-refractivity contribution in [1.29, 1.82) is 0 Å². The lowest BCUT2D eigenvalue weighted by Crippen LogP contribution is -1.82. The van der Waals surface area contributed by atoms with Crippen LogP contribution in [0.3, 0.4) is 0 Å². The quantitative estimate of drug-likeness (QED) is 0.403. The van der Waals surface area contributed by atoms with Crippen molar-refractivity contribution in [2.45, 2.75) is 18.8 Å². The first-order chi connectivity index (χ1) is 5.90. The van der Waals surface area contributed by atoms with E-state index in [1.54, 1.807) is 0 Å². The Morgan fingerprint density at radius 3 is 2.42 bits per heavy atom. The van der Waals surface area contributed by atoms with E-state index in [-0.39, 0.29) is 0 Å². The van der Waals surface area contributed by atoms with Gasteiger partial charge in [-0.05, 0) is 29.9 Å². The molecule has 0 unspecified atom stereocenters. The molecule has 2 heteroatoms. The van der Waals surface area contributed by atoms with E-state index in [0.29, 0.717) is 0 Å². The summed E-state index contributed by atoms with van der Waals surface area (Å²) < 4.78 is 0. The second-order valence-electron chi connectivity index (χ2n) is 3.19. The van der Waals surface area contributed by atoms with E-state index in [0.717, 1.165) is 11.5 Å². The van der Waals surface area contributed by atoms with E-state index in [1.165, 1.54) is 24.6 Å². The highest BCUT2D eigenvalue weighted by molar-refractivity contribution is 5.78. The summed E-state index contributed by atoms with van der Waals surface area (Å²) in [6.45, 7) is 0. The van der Waals surface area contributed by atoms with E-state index >= 15 is 0 Å². The third-order valence-electron chi connectivity index (χ3n) is 2.19. The van der Waals surface area contributed by atoms with E-state index < -0.39 is 0 Å². The van der Waals surface area contributed by atoms with Gasteiger partial charge in [-0.15, -0.1) is 0 Å². The topological polar surface area (TPSA) is 32.6 Å². The predicted molar refractivity (Wildman–Crippen MR) is 47.8 cm³/mol. The highest BCUT2D eigenvalue weighted by Crippen LogP contribution is 2.39. The third-order valence-corrected chi connectivity index (χ3v) is 2.19. The number of oxime groups is 1. The third kappa shape index (κ3) is 1.47. The average molecular weight is 161 g/mol. The molecule has 1 aliphatic carbocycles. The molecule has 0 aromatic heterocycles. The van der Waals surface area contributed by atoms with Gasteiger partial charge in [-0.25, -0.2) is 0 Å². The Labute approximate surface area is 71.5 Å². The van der Waals surface area contributed by atoms with Crippen molar-refractivity contribution in [3.05, 3.63) is 35.4 Å². The largest absolute Gasteiger partial charge is 0.411 e. The molecule has 1 aliphatic rings. The molecule has 0 spiro atoms. The Morgan fingerprint density at radius 1 is 1.25 bits per heavy atom. The molecule has 2 rings (SSSR count). The molecule has 1 N–H and O–H groups in total. The van der Waals surface area contributed by atoms with Gasteiger partial charge in [0.15, 0.2) is 0 Å². The SMILES string of the molecule is O/N=C/c1ccc(C2CC2)cc1. The maximum absolute atomic E-state index is 8.28. The van der Waals surface area contributed by atoms with Crippen molar-refractivity contribution < 1.29 is 5.21 Å². The molecule has 0 amide bonds. The summed E-state index contributed by atoms with van der Waals surface area (Å²) in [5, 5.41) is 11.3. The lowest BCUT2D eigenvalue weighted by molar-refractivity contribution is 0.322. The minimum atomic E-state index is 0.796. The summed E-state index contributed by atoms with van der Waals surface area (Å²) in [6.07, 6.45) is 4.09. The molecule has 0 radical (unpaired) electrons. The summed E-state index contributed by atoms with van der Waals surface area (Å²) in [5.41, 5.74) is 2.35. The zero-order valence-electron chi connectivity index (χ0n) is 6.77. The van der Waals surface area contributed by atoms with Crippen molar-refractivity contribution in [2.24, 2.45) is 5.16 Å². The summed E-state index contributed by atoms with van der Waals surface area (Å²) in [4.78, 5) is 0. The fourth-order valence-electron chi connectivity index (χ4n) is 1.34. The number of nitrogens with zero attached hydrogens (tertiary/aromatic N) is 1. The molecule has 0 saturated heterocycles. The highest BCUT2D eigenvalue weighted by atomic mass is 16.4. The van der Waals surface area contributed by atoms with Gasteiger partial charge in [-0.1, -0.05) is 29.4 Å². The van der Waals surface area contributed by atoms with Crippen LogP contribution < -0.4 is 0 Å². The molecular formula is C10H11NO. The molecule has 1 aromatic carbocycles. The smallest absolute Gasteiger partial charge is 0.0733 e. The molecule has 2 nitrogen and oxygen atoms in total. The summed E-state index contributed by atoms with van der Waals surface area (Å²) in [6, 6.07) is 8.17. The van der Waals surface area contributed by atoms with E-state index in [1.807, 2.05) is 12.1 Å². The second-order valence-corrected chi connectivity index (χ2v) is 3.19. The van der Waals surface area contributed by atoms with Crippen LogP contribution in [-0.4, -0.2) is 11.4 Å². The average Bonchev–Trinajstić information content (AvgIpc) is 2.89. The number of benzene rings is 1. The summed E-state index contributed by atoms with van der Waals surface area (Å²) in [7, 11) is 0. The zero-order chi connectivity index (χ0) is 8.39. The number of hydrogen-bond donors (Lipinski definition) is 1. The van der Waals surface area contributed by atoms with E-state index in [9.17, 15) is 0 Å². The van der Waals surface area contributed by atoms with Gasteiger partial charge >= 0.3 is 0 Å². The van der Waals surface area contributed by atoms with E-state index in [4.69, 9.17) is 5.21 Å². The normalized spacial score (nSPS) is 17.0. The summed E-state index contributed by atoms with van der Waals surface area (Å²) >= 11 is 0. The van der Waals surface area contributed by atoms with Crippen LogP contribution in [-0.2, 0) is 0 Å². The van der Waals surface area contributed by atoms with Crippen LogP contribution in [0.4, 0.5) is 0 Å². The molecule has 1 aromatic rings. The van der Waals surface area contributed by atoms with Gasteiger partial charge in [-0.3, -0.25) is 0 Å². The Kier molecular flexibility index (Phi) is 1.82. The van der Waals surface area contributed by atoms with Crippen LogP contribution in [0.15, 0.2) is 29.4 Å². The van der Waals surface area contributed by atoms with Crippen LogP contribution in [0.5, 0.6) is 0 Å². The zero-order valence-corrected chi connectivity index (χ0v) is 6.77. The lowest BCUT2D eigenvalue weighted by Gasteiger charge is -1.96. The van der Waals surface area contributed by atoms with Gasteiger partial charge < -0.3 is 5.21 Å². The minimum Gasteiger partial charge on any atom is -0.411 e. The maximum atomic E-state index is 8.28. The standard InChI is InChI=1S/C10H11NO/c12-11-7-8-1-3-9(4-2-8)10-5-6-10/h1-4,7,10,12H,5-6H2/b11-7+. The molecule has 0 heterocycles. The van der Waals surface area contributed by atoms with Crippen molar-refractivity contribution in [1.82, 2.24) is 0 Å². The van der Waals surface area contributed by atoms with Crippen LogP contribution >= 0.6 is 0 Å². The Morgan fingerprint density at radius 2 is 1.92 bits per heavy atom. The molecule has 0 atom stereocenters. The number of rotatable bonds is 2. The predicted octanol–water partition coefficient (Wildman–Crippen LogP) is 2.37. The van der Waals surface area contributed by atoms with Crippen molar-refractivity contribution in [3.63, 3.8) is 0 Å². The highest BCUT2D eigenvalue weighted by Gasteiger charge is 2.22. The Bertz CT molecular complexity index is 285.